The fourth-order valence-corrected chi connectivity index (χ4v) is 4.72. The first-order chi connectivity index (χ1) is 10.7. The van der Waals surface area contributed by atoms with Crippen LogP contribution in [0.15, 0.2) is 36.0 Å². The van der Waals surface area contributed by atoms with Crippen molar-refractivity contribution in [1.82, 2.24) is 5.32 Å². The molecule has 3 heteroatoms. The predicted octanol–water partition coefficient (Wildman–Crippen LogP) is 3.56. The van der Waals surface area contributed by atoms with E-state index < -0.39 is 0 Å². The third-order valence-electron chi connectivity index (χ3n) is 5.61. The molecule has 3 nitrogen and oxygen atoms in total. The molecule has 1 aromatic rings. The van der Waals surface area contributed by atoms with Crippen molar-refractivity contribution in [3.05, 3.63) is 41.6 Å². The number of rotatable bonds is 3. The maximum absolute atomic E-state index is 12.5. The van der Waals surface area contributed by atoms with E-state index in [0.29, 0.717) is 12.0 Å². The first-order valence-corrected chi connectivity index (χ1v) is 8.38. The van der Waals surface area contributed by atoms with Crippen LogP contribution in [0, 0.1) is 17.8 Å². The van der Waals surface area contributed by atoms with E-state index in [1.165, 1.54) is 37.8 Å². The van der Waals surface area contributed by atoms with Crippen molar-refractivity contribution in [2.75, 3.05) is 7.11 Å². The summed E-state index contributed by atoms with van der Waals surface area (Å²) < 4.78 is 5.15. The number of fused-ring (bicyclic) bond motifs is 1. The average Bonchev–Trinajstić information content (AvgIpc) is 2.71. The van der Waals surface area contributed by atoms with Gasteiger partial charge in [0.2, 0.25) is 0 Å². The smallest absolute Gasteiger partial charge is 0.187 e. The molecule has 2 aliphatic heterocycles. The molecule has 22 heavy (non-hydrogen) atoms. The van der Waals surface area contributed by atoms with Crippen LogP contribution in [0.4, 0.5) is 0 Å². The van der Waals surface area contributed by atoms with Crippen LogP contribution < -0.4 is 10.1 Å². The molecule has 4 aliphatic rings. The monoisotopic (exact) mass is 297 g/mol. The van der Waals surface area contributed by atoms with Crippen LogP contribution in [-0.4, -0.2) is 18.9 Å². The zero-order chi connectivity index (χ0) is 15.1. The molecule has 1 N–H and O–H groups in total. The molecule has 4 bridgehead atoms. The summed E-state index contributed by atoms with van der Waals surface area (Å²) in [5, 5.41) is 3.68. The van der Waals surface area contributed by atoms with Gasteiger partial charge < -0.3 is 10.1 Å². The molecule has 0 amide bonds. The Morgan fingerprint density at radius 1 is 1.09 bits per heavy atom. The summed E-state index contributed by atoms with van der Waals surface area (Å²) in [5.41, 5.74) is 1.93. The molecule has 2 saturated heterocycles. The topological polar surface area (TPSA) is 38.3 Å². The van der Waals surface area contributed by atoms with E-state index in [0.717, 1.165) is 23.1 Å². The maximum atomic E-state index is 12.5. The minimum Gasteiger partial charge on any atom is -0.497 e. The molecule has 0 aromatic heterocycles. The largest absolute Gasteiger partial charge is 0.497 e. The number of carbonyl (C=O) groups is 1. The highest BCUT2D eigenvalue weighted by Crippen LogP contribution is 2.47. The van der Waals surface area contributed by atoms with Crippen molar-refractivity contribution < 1.29 is 9.53 Å². The fourth-order valence-electron chi connectivity index (χ4n) is 4.72. The van der Waals surface area contributed by atoms with Crippen LogP contribution in [0.1, 0.15) is 42.5 Å². The molecule has 5 rings (SSSR count). The number of ketones is 1. The summed E-state index contributed by atoms with van der Waals surface area (Å²) >= 11 is 0. The minimum atomic E-state index is 0.103. The van der Waals surface area contributed by atoms with Crippen molar-refractivity contribution in [3.8, 4) is 5.75 Å². The van der Waals surface area contributed by atoms with Crippen LogP contribution in [0.5, 0.6) is 5.75 Å². The van der Waals surface area contributed by atoms with Gasteiger partial charge in [-0.25, -0.2) is 0 Å². The molecule has 2 aliphatic carbocycles. The van der Waals surface area contributed by atoms with E-state index in [2.05, 4.69) is 5.32 Å². The first-order valence-electron chi connectivity index (χ1n) is 8.38. The van der Waals surface area contributed by atoms with E-state index >= 15 is 0 Å². The van der Waals surface area contributed by atoms with Gasteiger partial charge in [-0.15, -0.1) is 0 Å². The SMILES string of the molecule is COc1ccc(C(=O)/C=C2/NC3CC4CC(C3)CC2C4)cc1. The standard InChI is InChI=1S/C19H23NO2/c1-22-17-4-2-14(3-5-17)19(21)11-18-15-7-12-6-13(8-15)10-16(9-12)20-18/h2-5,11-13,15-16,20H,6-10H2,1H3/b18-11+. The van der Waals surface area contributed by atoms with Gasteiger partial charge in [-0.3, -0.25) is 4.79 Å². The van der Waals surface area contributed by atoms with Crippen LogP contribution in [0.3, 0.4) is 0 Å². The second-order valence-corrected chi connectivity index (χ2v) is 7.14. The van der Waals surface area contributed by atoms with Crippen molar-refractivity contribution in [3.63, 3.8) is 0 Å². The van der Waals surface area contributed by atoms with Crippen molar-refractivity contribution in [2.24, 2.45) is 17.8 Å². The van der Waals surface area contributed by atoms with Crippen molar-refractivity contribution in [1.29, 1.82) is 0 Å². The van der Waals surface area contributed by atoms with Gasteiger partial charge in [0, 0.05) is 23.4 Å². The third-order valence-corrected chi connectivity index (χ3v) is 5.61. The fraction of sp³-hybridized carbons (Fsp3) is 0.526. The first kappa shape index (κ1) is 13.9. The molecular formula is C19H23NO2. The van der Waals surface area contributed by atoms with Crippen LogP contribution in [0.25, 0.3) is 0 Å². The van der Waals surface area contributed by atoms with Gasteiger partial charge in [0.15, 0.2) is 5.78 Å². The molecule has 2 unspecified atom stereocenters. The van der Waals surface area contributed by atoms with Crippen LogP contribution in [-0.2, 0) is 0 Å². The number of carbonyl (C=O) groups excluding carboxylic acids is 1. The summed E-state index contributed by atoms with van der Waals surface area (Å²) in [4.78, 5) is 12.5. The van der Waals surface area contributed by atoms with Crippen LogP contribution >= 0.6 is 0 Å². The highest BCUT2D eigenvalue weighted by Gasteiger charge is 2.41. The molecule has 4 fully saturated rings. The number of benzene rings is 1. The lowest BCUT2D eigenvalue weighted by molar-refractivity contribution is 0.104. The molecule has 2 atom stereocenters. The normalized spacial score (nSPS) is 34.3. The molecule has 2 saturated carbocycles. The van der Waals surface area contributed by atoms with Gasteiger partial charge in [0.25, 0.3) is 0 Å². The molecule has 0 radical (unpaired) electrons. The molecule has 0 spiro atoms. The zero-order valence-electron chi connectivity index (χ0n) is 13.0. The van der Waals surface area contributed by atoms with Gasteiger partial charge in [-0.05, 0) is 74.1 Å². The summed E-state index contributed by atoms with van der Waals surface area (Å²) in [6, 6.07) is 7.97. The number of hydrogen-bond donors (Lipinski definition) is 1. The van der Waals surface area contributed by atoms with Crippen LogP contribution in [0.2, 0.25) is 0 Å². The summed E-state index contributed by atoms with van der Waals surface area (Å²) in [6.07, 6.45) is 8.38. The Balaban J connectivity index is 1.57. The third kappa shape index (κ3) is 2.53. The van der Waals surface area contributed by atoms with E-state index in [1.54, 1.807) is 7.11 Å². The molecule has 2 heterocycles. The highest BCUT2D eigenvalue weighted by atomic mass is 16.5. The van der Waals surface area contributed by atoms with Gasteiger partial charge in [0.05, 0.1) is 7.11 Å². The van der Waals surface area contributed by atoms with Gasteiger partial charge in [-0.2, -0.15) is 0 Å². The van der Waals surface area contributed by atoms with Crippen molar-refractivity contribution >= 4 is 5.78 Å². The molecule has 116 valence electrons. The molecule has 1 aromatic carbocycles. The Hall–Kier alpha value is -1.77. The number of ether oxygens (including phenoxy) is 1. The van der Waals surface area contributed by atoms with E-state index in [9.17, 15) is 4.79 Å². The van der Waals surface area contributed by atoms with Crippen molar-refractivity contribution in [2.45, 2.75) is 38.1 Å². The predicted molar refractivity (Wildman–Crippen MR) is 85.9 cm³/mol. The lowest BCUT2D eigenvalue weighted by atomic mass is 9.68. The minimum absolute atomic E-state index is 0.103. The second kappa shape index (κ2) is 5.45. The average molecular weight is 297 g/mol. The quantitative estimate of drug-likeness (QED) is 0.685. The number of hydrogen-bond acceptors (Lipinski definition) is 3. The summed E-state index contributed by atoms with van der Waals surface area (Å²) in [7, 11) is 1.64. The van der Waals surface area contributed by atoms with E-state index in [4.69, 9.17) is 4.74 Å². The van der Waals surface area contributed by atoms with Gasteiger partial charge in [0.1, 0.15) is 5.75 Å². The molecular weight excluding hydrogens is 274 g/mol. The van der Waals surface area contributed by atoms with E-state index in [-0.39, 0.29) is 5.78 Å². The van der Waals surface area contributed by atoms with Gasteiger partial charge in [-0.1, -0.05) is 0 Å². The Kier molecular flexibility index (Phi) is 3.44. The number of methoxy groups -OCH3 is 1. The lowest BCUT2D eigenvalue weighted by Crippen LogP contribution is -2.33. The number of nitrogens with one attached hydrogen (secondary N) is 1. The van der Waals surface area contributed by atoms with E-state index in [1.807, 2.05) is 30.3 Å². The Morgan fingerprint density at radius 3 is 2.41 bits per heavy atom. The maximum Gasteiger partial charge on any atom is 0.187 e. The summed E-state index contributed by atoms with van der Waals surface area (Å²) in [5.74, 6) is 3.20. The lowest BCUT2D eigenvalue weighted by Gasteiger charge is -2.37. The Morgan fingerprint density at radius 2 is 1.77 bits per heavy atom. The Labute approximate surface area is 131 Å². The summed E-state index contributed by atoms with van der Waals surface area (Å²) in [6.45, 7) is 0. The second-order valence-electron chi connectivity index (χ2n) is 7.14. The zero-order valence-corrected chi connectivity index (χ0v) is 13.0. The van der Waals surface area contributed by atoms with Gasteiger partial charge >= 0.3 is 0 Å². The highest BCUT2D eigenvalue weighted by molar-refractivity contribution is 6.05. The Bertz CT molecular complexity index is 590. The number of allylic oxidation sites excluding steroid dienone is 2.